The average Bonchev–Trinajstić information content (AvgIpc) is 3.00. The van der Waals surface area contributed by atoms with Crippen molar-refractivity contribution < 1.29 is 14.7 Å². The molecule has 3 aromatic rings. The van der Waals surface area contributed by atoms with Crippen LogP contribution in [-0.2, 0) is 0 Å². The van der Waals surface area contributed by atoms with E-state index in [1.54, 1.807) is 29.7 Å². The number of aliphatic imine (C=N–C) groups is 1. The number of para-hydroxylation sites is 1. The molecule has 5 nitrogen and oxygen atoms in total. The van der Waals surface area contributed by atoms with Gasteiger partial charge in [0.1, 0.15) is 11.4 Å². The summed E-state index contributed by atoms with van der Waals surface area (Å²) >= 11 is 1.50. The first-order valence-electron chi connectivity index (χ1n) is 7.24. The third-order valence-corrected chi connectivity index (χ3v) is 4.49. The van der Waals surface area contributed by atoms with Gasteiger partial charge in [-0.1, -0.05) is 24.3 Å². The first-order chi connectivity index (χ1) is 11.8. The van der Waals surface area contributed by atoms with E-state index in [4.69, 9.17) is 14.9 Å². The van der Waals surface area contributed by atoms with E-state index in [0.717, 1.165) is 33.3 Å². The molecule has 1 aromatic heterocycles. The number of thiophene rings is 1. The van der Waals surface area contributed by atoms with Gasteiger partial charge < -0.3 is 4.74 Å². The molecule has 1 aliphatic heterocycles. The number of carbonyl (C=O) groups excluding carboxylic acids is 1. The van der Waals surface area contributed by atoms with Crippen molar-refractivity contribution >= 4 is 28.6 Å². The van der Waals surface area contributed by atoms with Crippen LogP contribution in [0, 0.1) is 0 Å². The normalized spacial score (nSPS) is 12.3. The molecule has 0 aliphatic carbocycles. The number of ether oxygens (including phenoxy) is 1. The highest BCUT2D eigenvalue weighted by Crippen LogP contribution is 2.42. The van der Waals surface area contributed by atoms with Crippen molar-refractivity contribution in [3.63, 3.8) is 0 Å². The minimum absolute atomic E-state index is 0.372. The molecule has 4 rings (SSSR count). The molecule has 0 unspecified atom stereocenters. The molecule has 0 radical (unpaired) electrons. The number of amides is 1. The maximum Gasteiger partial charge on any atom is 0.274 e. The first kappa shape index (κ1) is 14.6. The molecule has 0 saturated heterocycles. The Morgan fingerprint density at radius 3 is 2.67 bits per heavy atom. The lowest BCUT2D eigenvalue weighted by atomic mass is 10.00. The Bertz CT molecular complexity index is 945. The number of nitrogens with zero attached hydrogens (tertiary/aromatic N) is 1. The van der Waals surface area contributed by atoms with Gasteiger partial charge in [-0.25, -0.2) is 10.5 Å². The fourth-order valence-electron chi connectivity index (χ4n) is 2.54. The molecule has 1 aliphatic rings. The number of hydrogen-bond acceptors (Lipinski definition) is 5. The Hall–Kier alpha value is -2.96. The van der Waals surface area contributed by atoms with Gasteiger partial charge in [0.25, 0.3) is 5.91 Å². The summed E-state index contributed by atoms with van der Waals surface area (Å²) in [7, 11) is 0. The SMILES string of the molecule is O=C(NO)c1ccc(C2=Nc3ccsc3Oc3ccccc32)cc1. The van der Waals surface area contributed by atoms with Gasteiger partial charge in [0, 0.05) is 16.7 Å². The van der Waals surface area contributed by atoms with Crippen molar-refractivity contribution in [1.29, 1.82) is 0 Å². The summed E-state index contributed by atoms with van der Waals surface area (Å²) in [6.07, 6.45) is 0. The molecule has 2 heterocycles. The van der Waals surface area contributed by atoms with Crippen LogP contribution in [0.2, 0.25) is 0 Å². The zero-order valence-corrected chi connectivity index (χ0v) is 13.2. The van der Waals surface area contributed by atoms with Crippen LogP contribution in [0.15, 0.2) is 65.0 Å². The number of hydrogen-bond donors (Lipinski definition) is 2. The van der Waals surface area contributed by atoms with Crippen molar-refractivity contribution in [2.45, 2.75) is 0 Å². The fourth-order valence-corrected chi connectivity index (χ4v) is 3.24. The van der Waals surface area contributed by atoms with Crippen molar-refractivity contribution in [1.82, 2.24) is 5.48 Å². The first-order valence-corrected chi connectivity index (χ1v) is 8.12. The number of carbonyl (C=O) groups is 1. The van der Waals surface area contributed by atoms with Crippen LogP contribution in [0.1, 0.15) is 21.5 Å². The van der Waals surface area contributed by atoms with E-state index in [2.05, 4.69) is 0 Å². The minimum Gasteiger partial charge on any atom is -0.444 e. The second kappa shape index (κ2) is 5.92. The highest BCUT2D eigenvalue weighted by atomic mass is 32.1. The highest BCUT2D eigenvalue weighted by Gasteiger charge is 2.20. The van der Waals surface area contributed by atoms with Gasteiger partial charge in [-0.2, -0.15) is 0 Å². The van der Waals surface area contributed by atoms with Gasteiger partial charge in [0.15, 0.2) is 0 Å². The predicted octanol–water partition coefficient (Wildman–Crippen LogP) is 4.14. The molecule has 6 heteroatoms. The van der Waals surface area contributed by atoms with Crippen LogP contribution in [-0.4, -0.2) is 16.8 Å². The van der Waals surface area contributed by atoms with Crippen LogP contribution in [0.3, 0.4) is 0 Å². The molecular weight excluding hydrogens is 324 g/mol. The molecular formula is C18H12N2O3S. The Kier molecular flexibility index (Phi) is 3.60. The summed E-state index contributed by atoms with van der Waals surface area (Å²) in [4.78, 5) is 16.2. The lowest BCUT2D eigenvalue weighted by Gasteiger charge is -2.09. The number of hydroxylamine groups is 1. The molecule has 2 aromatic carbocycles. The Morgan fingerprint density at radius 1 is 1.08 bits per heavy atom. The second-order valence-corrected chi connectivity index (χ2v) is 6.05. The maximum absolute atomic E-state index is 11.5. The van der Waals surface area contributed by atoms with Crippen molar-refractivity contribution in [3.8, 4) is 10.8 Å². The molecule has 0 bridgehead atoms. The van der Waals surface area contributed by atoms with Crippen molar-refractivity contribution in [2.24, 2.45) is 4.99 Å². The summed E-state index contributed by atoms with van der Waals surface area (Å²) in [6.45, 7) is 0. The summed E-state index contributed by atoms with van der Waals surface area (Å²) in [5, 5.41) is 11.4. The van der Waals surface area contributed by atoms with Crippen LogP contribution >= 0.6 is 11.3 Å². The standard InChI is InChI=1S/C18H12N2O3S/c21-17(20-22)12-7-5-11(6-8-12)16-13-3-1-2-4-15(13)23-18-14(19-16)9-10-24-18/h1-10,22H,(H,20,21). The lowest BCUT2D eigenvalue weighted by molar-refractivity contribution is 0.0706. The van der Waals surface area contributed by atoms with Gasteiger partial charge in [0.05, 0.1) is 5.71 Å². The third kappa shape index (κ3) is 2.47. The molecule has 0 saturated carbocycles. The van der Waals surface area contributed by atoms with Crippen LogP contribution in [0.4, 0.5) is 5.69 Å². The smallest absolute Gasteiger partial charge is 0.274 e. The number of benzene rings is 2. The zero-order chi connectivity index (χ0) is 16.5. The van der Waals surface area contributed by atoms with Gasteiger partial charge in [-0.05, 0) is 35.7 Å². The van der Waals surface area contributed by atoms with E-state index in [1.807, 2.05) is 35.7 Å². The molecule has 24 heavy (non-hydrogen) atoms. The van der Waals surface area contributed by atoms with E-state index in [1.165, 1.54) is 11.3 Å². The van der Waals surface area contributed by atoms with E-state index in [9.17, 15) is 4.79 Å². The van der Waals surface area contributed by atoms with Crippen LogP contribution in [0.5, 0.6) is 10.8 Å². The zero-order valence-electron chi connectivity index (χ0n) is 12.4. The summed E-state index contributed by atoms with van der Waals surface area (Å²) in [5.41, 5.74) is 5.31. The largest absolute Gasteiger partial charge is 0.444 e. The van der Waals surface area contributed by atoms with Crippen molar-refractivity contribution in [3.05, 3.63) is 76.7 Å². The van der Waals surface area contributed by atoms with Gasteiger partial charge in [-0.15, -0.1) is 11.3 Å². The topological polar surface area (TPSA) is 70.9 Å². The molecule has 1 amide bonds. The molecule has 0 spiro atoms. The molecule has 2 N–H and O–H groups in total. The Labute approximate surface area is 141 Å². The van der Waals surface area contributed by atoms with Gasteiger partial charge in [-0.3, -0.25) is 10.0 Å². The highest BCUT2D eigenvalue weighted by molar-refractivity contribution is 7.12. The van der Waals surface area contributed by atoms with Gasteiger partial charge in [0.2, 0.25) is 5.06 Å². The average molecular weight is 336 g/mol. The van der Waals surface area contributed by atoms with Gasteiger partial charge >= 0.3 is 0 Å². The second-order valence-electron chi connectivity index (χ2n) is 5.17. The number of fused-ring (bicyclic) bond motifs is 2. The van der Waals surface area contributed by atoms with Crippen LogP contribution in [0.25, 0.3) is 0 Å². The Morgan fingerprint density at radius 2 is 1.88 bits per heavy atom. The fraction of sp³-hybridized carbons (Fsp3) is 0. The lowest BCUT2D eigenvalue weighted by Crippen LogP contribution is -2.18. The molecule has 0 atom stereocenters. The van der Waals surface area contributed by atoms with E-state index in [0.29, 0.717) is 5.56 Å². The van der Waals surface area contributed by atoms with E-state index < -0.39 is 5.91 Å². The van der Waals surface area contributed by atoms with Crippen LogP contribution < -0.4 is 10.2 Å². The third-order valence-electron chi connectivity index (χ3n) is 3.71. The summed E-state index contributed by atoms with van der Waals surface area (Å²) in [5.74, 6) is 0.197. The predicted molar refractivity (Wildman–Crippen MR) is 91.8 cm³/mol. The summed E-state index contributed by atoms with van der Waals surface area (Å²) < 4.78 is 5.98. The minimum atomic E-state index is -0.548. The van der Waals surface area contributed by atoms with Crippen molar-refractivity contribution in [2.75, 3.05) is 0 Å². The maximum atomic E-state index is 11.5. The summed E-state index contributed by atoms with van der Waals surface area (Å²) in [6, 6.07) is 16.5. The number of rotatable bonds is 2. The molecule has 118 valence electrons. The van der Waals surface area contributed by atoms with E-state index in [-0.39, 0.29) is 0 Å². The molecule has 0 fully saturated rings. The quantitative estimate of drug-likeness (QED) is 0.427. The Balaban J connectivity index is 1.85. The monoisotopic (exact) mass is 336 g/mol. The van der Waals surface area contributed by atoms with E-state index >= 15 is 0 Å². The number of nitrogens with one attached hydrogen (secondary N) is 1.